The summed E-state index contributed by atoms with van der Waals surface area (Å²) in [5.74, 6) is -0.458. The van der Waals surface area contributed by atoms with E-state index >= 15 is 0 Å². The van der Waals surface area contributed by atoms with Crippen molar-refractivity contribution in [2.75, 3.05) is 0 Å². The minimum atomic E-state index is -1.15. The summed E-state index contributed by atoms with van der Waals surface area (Å²) in [7, 11) is 0. The Labute approximate surface area is 118 Å². The van der Waals surface area contributed by atoms with Crippen LogP contribution >= 0.6 is 0 Å². The first-order valence-corrected chi connectivity index (χ1v) is 6.72. The Balaban J connectivity index is 1.99. The van der Waals surface area contributed by atoms with Gasteiger partial charge in [-0.05, 0) is 12.5 Å². The van der Waals surface area contributed by atoms with E-state index in [0.29, 0.717) is 13.0 Å². The summed E-state index contributed by atoms with van der Waals surface area (Å²) in [5, 5.41) is 9.88. The molecule has 0 radical (unpaired) electrons. The summed E-state index contributed by atoms with van der Waals surface area (Å²) < 4.78 is 16.2. The molecule has 110 valence electrons. The molecular weight excluding hydrogens is 260 g/mol. The quantitative estimate of drug-likeness (QED) is 0.849. The molecule has 2 rings (SSSR count). The maximum Gasteiger partial charge on any atom is 0.303 e. The molecule has 1 N–H and O–H groups in total. The van der Waals surface area contributed by atoms with Gasteiger partial charge in [-0.25, -0.2) is 0 Å². The molecule has 0 aromatic heterocycles. The van der Waals surface area contributed by atoms with Crippen LogP contribution in [0.15, 0.2) is 30.3 Å². The average molecular weight is 280 g/mol. The fourth-order valence-corrected chi connectivity index (χ4v) is 2.28. The van der Waals surface area contributed by atoms with Crippen LogP contribution in [0.2, 0.25) is 0 Å². The number of aliphatic hydroxyl groups is 1. The lowest BCUT2D eigenvalue weighted by Crippen LogP contribution is -2.50. The smallest absolute Gasteiger partial charge is 0.303 e. The summed E-state index contributed by atoms with van der Waals surface area (Å²) in [6, 6.07) is 9.72. The van der Waals surface area contributed by atoms with Gasteiger partial charge in [0.2, 0.25) is 0 Å². The van der Waals surface area contributed by atoms with E-state index in [9.17, 15) is 9.90 Å². The summed E-state index contributed by atoms with van der Waals surface area (Å²) in [5.41, 5.74) is 1.03. The van der Waals surface area contributed by atoms with E-state index in [2.05, 4.69) is 0 Å². The van der Waals surface area contributed by atoms with Crippen molar-refractivity contribution in [3.05, 3.63) is 35.9 Å². The molecule has 5 nitrogen and oxygen atoms in total. The van der Waals surface area contributed by atoms with Gasteiger partial charge in [0.15, 0.2) is 12.4 Å². The standard InChI is InChI=1S/C15H20O5/c1-10-8-13(14(15(17)19-10)20-11(2)16)18-9-12-6-4-3-5-7-12/h3-7,10,13-15,17H,8-9H2,1-2H3/t10-,13+,14-,15+/m1/s1. The van der Waals surface area contributed by atoms with Crippen molar-refractivity contribution in [3.8, 4) is 0 Å². The third kappa shape index (κ3) is 4.03. The number of carbonyl (C=O) groups excluding carboxylic acids is 1. The lowest BCUT2D eigenvalue weighted by Gasteiger charge is -2.37. The van der Waals surface area contributed by atoms with E-state index in [-0.39, 0.29) is 12.2 Å². The second-order valence-electron chi connectivity index (χ2n) is 4.98. The van der Waals surface area contributed by atoms with E-state index in [1.54, 1.807) is 0 Å². The monoisotopic (exact) mass is 280 g/mol. The SMILES string of the molecule is CC(=O)O[C@@H]1[C@@H](OCc2ccccc2)C[C@@H](C)O[C@@H]1O. The number of rotatable bonds is 4. The maximum atomic E-state index is 11.1. The van der Waals surface area contributed by atoms with E-state index in [0.717, 1.165) is 5.56 Å². The topological polar surface area (TPSA) is 65.0 Å². The minimum Gasteiger partial charge on any atom is -0.454 e. The van der Waals surface area contributed by atoms with Crippen LogP contribution in [0.25, 0.3) is 0 Å². The zero-order chi connectivity index (χ0) is 14.5. The summed E-state index contributed by atoms with van der Waals surface area (Å²) in [6.45, 7) is 3.56. The van der Waals surface area contributed by atoms with Gasteiger partial charge >= 0.3 is 5.97 Å². The molecule has 0 bridgehead atoms. The van der Waals surface area contributed by atoms with Gasteiger partial charge in [-0.3, -0.25) is 4.79 Å². The van der Waals surface area contributed by atoms with Gasteiger partial charge in [0.1, 0.15) is 6.10 Å². The molecule has 1 heterocycles. The number of hydrogen-bond acceptors (Lipinski definition) is 5. The third-order valence-corrected chi connectivity index (χ3v) is 3.19. The van der Waals surface area contributed by atoms with Crippen LogP contribution in [0.1, 0.15) is 25.8 Å². The third-order valence-electron chi connectivity index (χ3n) is 3.19. The van der Waals surface area contributed by atoms with Crippen LogP contribution in [-0.4, -0.2) is 35.7 Å². The lowest BCUT2D eigenvalue weighted by molar-refractivity contribution is -0.260. The Hall–Kier alpha value is -1.43. The molecule has 0 saturated carbocycles. The van der Waals surface area contributed by atoms with Gasteiger partial charge in [-0.1, -0.05) is 30.3 Å². The van der Waals surface area contributed by atoms with Gasteiger partial charge < -0.3 is 19.3 Å². The summed E-state index contributed by atoms with van der Waals surface area (Å²) in [4.78, 5) is 11.1. The number of esters is 1. The van der Waals surface area contributed by atoms with E-state index in [1.807, 2.05) is 37.3 Å². The molecule has 1 aliphatic rings. The molecule has 0 aliphatic carbocycles. The molecule has 1 aliphatic heterocycles. The van der Waals surface area contributed by atoms with Crippen molar-refractivity contribution in [2.45, 2.75) is 51.5 Å². The van der Waals surface area contributed by atoms with Gasteiger partial charge in [-0.2, -0.15) is 0 Å². The van der Waals surface area contributed by atoms with E-state index in [4.69, 9.17) is 14.2 Å². The minimum absolute atomic E-state index is 0.141. The Morgan fingerprint density at radius 3 is 2.75 bits per heavy atom. The van der Waals surface area contributed by atoms with Gasteiger partial charge in [0.25, 0.3) is 0 Å². The van der Waals surface area contributed by atoms with E-state index in [1.165, 1.54) is 6.92 Å². The lowest BCUT2D eigenvalue weighted by atomic mass is 10.0. The van der Waals surface area contributed by atoms with Crippen LogP contribution in [-0.2, 0) is 25.6 Å². The predicted molar refractivity (Wildman–Crippen MR) is 71.7 cm³/mol. The molecule has 0 unspecified atom stereocenters. The highest BCUT2D eigenvalue weighted by Gasteiger charge is 2.39. The molecule has 4 atom stereocenters. The molecule has 0 amide bonds. The Bertz CT molecular complexity index is 433. The molecule has 1 aromatic rings. The fourth-order valence-electron chi connectivity index (χ4n) is 2.28. The highest BCUT2D eigenvalue weighted by molar-refractivity contribution is 5.66. The average Bonchev–Trinajstić information content (AvgIpc) is 2.40. The Morgan fingerprint density at radius 2 is 2.10 bits per heavy atom. The van der Waals surface area contributed by atoms with Crippen LogP contribution in [0.5, 0.6) is 0 Å². The first-order chi connectivity index (χ1) is 9.56. The predicted octanol–water partition coefficient (Wildman–Crippen LogP) is 1.63. The Morgan fingerprint density at radius 1 is 1.40 bits per heavy atom. The van der Waals surface area contributed by atoms with Crippen LogP contribution < -0.4 is 0 Å². The van der Waals surface area contributed by atoms with Gasteiger partial charge in [-0.15, -0.1) is 0 Å². The van der Waals surface area contributed by atoms with Crippen LogP contribution in [0.4, 0.5) is 0 Å². The first-order valence-electron chi connectivity index (χ1n) is 6.72. The van der Waals surface area contributed by atoms with Gasteiger partial charge in [0.05, 0.1) is 12.7 Å². The molecule has 1 aromatic carbocycles. The molecule has 1 saturated heterocycles. The zero-order valence-corrected chi connectivity index (χ0v) is 11.7. The molecule has 5 heteroatoms. The maximum absolute atomic E-state index is 11.1. The second-order valence-corrected chi connectivity index (χ2v) is 4.98. The number of benzene rings is 1. The largest absolute Gasteiger partial charge is 0.454 e. The highest BCUT2D eigenvalue weighted by atomic mass is 16.7. The van der Waals surface area contributed by atoms with Crippen molar-refractivity contribution in [3.63, 3.8) is 0 Å². The van der Waals surface area contributed by atoms with E-state index < -0.39 is 18.4 Å². The highest BCUT2D eigenvalue weighted by Crippen LogP contribution is 2.25. The second kappa shape index (κ2) is 6.83. The first kappa shape index (κ1) is 15.0. The molecule has 1 fully saturated rings. The molecular formula is C15H20O5. The summed E-state index contributed by atoms with van der Waals surface area (Å²) in [6.07, 6.45) is -1.88. The van der Waals surface area contributed by atoms with Crippen molar-refractivity contribution in [1.82, 2.24) is 0 Å². The number of ether oxygens (including phenoxy) is 3. The van der Waals surface area contributed by atoms with Crippen molar-refractivity contribution in [2.24, 2.45) is 0 Å². The normalized spacial score (nSPS) is 29.9. The van der Waals surface area contributed by atoms with Gasteiger partial charge in [0, 0.05) is 13.3 Å². The van der Waals surface area contributed by atoms with Crippen LogP contribution in [0, 0.1) is 0 Å². The molecule has 20 heavy (non-hydrogen) atoms. The summed E-state index contributed by atoms with van der Waals surface area (Å²) >= 11 is 0. The number of carbonyl (C=O) groups is 1. The zero-order valence-electron chi connectivity index (χ0n) is 11.7. The number of aliphatic hydroxyl groups excluding tert-OH is 1. The van der Waals surface area contributed by atoms with Crippen LogP contribution in [0.3, 0.4) is 0 Å². The van der Waals surface area contributed by atoms with Crippen molar-refractivity contribution < 1.29 is 24.1 Å². The van der Waals surface area contributed by atoms with Crippen molar-refractivity contribution in [1.29, 1.82) is 0 Å². The Kier molecular flexibility index (Phi) is 5.11. The number of hydrogen-bond donors (Lipinski definition) is 1. The fraction of sp³-hybridized carbons (Fsp3) is 0.533. The van der Waals surface area contributed by atoms with Crippen molar-refractivity contribution >= 4 is 5.97 Å². The molecule has 0 spiro atoms.